The Morgan fingerprint density at radius 1 is 1.19 bits per heavy atom. The number of hydrogen-bond donors (Lipinski definition) is 0. The van der Waals surface area contributed by atoms with Gasteiger partial charge >= 0.3 is 11.9 Å². The molecular formula is C21H33NO4S. The lowest BCUT2D eigenvalue weighted by Crippen LogP contribution is -2.13. The Morgan fingerprint density at radius 3 is 2.67 bits per heavy atom. The summed E-state index contributed by atoms with van der Waals surface area (Å²) in [6, 6.07) is 0. The van der Waals surface area contributed by atoms with Gasteiger partial charge in [-0.3, -0.25) is 9.59 Å². The predicted octanol–water partition coefficient (Wildman–Crippen LogP) is 5.33. The average Bonchev–Trinajstić information content (AvgIpc) is 3.09. The maximum absolute atomic E-state index is 11.3. The molecule has 1 atom stereocenters. The number of nitrogens with zero attached hydrogens (tertiary/aromatic N) is 1. The quantitative estimate of drug-likeness (QED) is 0.314. The topological polar surface area (TPSA) is 65.5 Å². The molecule has 0 bridgehead atoms. The number of unbranched alkanes of at least 4 members (excludes halogenated alkanes) is 5. The van der Waals surface area contributed by atoms with Crippen LogP contribution in [0.1, 0.15) is 82.2 Å². The van der Waals surface area contributed by atoms with Crippen LogP contribution in [0.5, 0.6) is 0 Å². The van der Waals surface area contributed by atoms with Crippen molar-refractivity contribution in [1.29, 1.82) is 0 Å². The number of methoxy groups -OCH3 is 1. The van der Waals surface area contributed by atoms with E-state index in [1.807, 2.05) is 17.7 Å². The summed E-state index contributed by atoms with van der Waals surface area (Å²) in [5, 5.41) is 0. The van der Waals surface area contributed by atoms with Crippen LogP contribution in [-0.4, -0.2) is 30.1 Å². The Labute approximate surface area is 167 Å². The van der Waals surface area contributed by atoms with Gasteiger partial charge in [-0.1, -0.05) is 32.6 Å². The van der Waals surface area contributed by atoms with Gasteiger partial charge in [0, 0.05) is 18.2 Å². The molecule has 0 radical (unpaired) electrons. The van der Waals surface area contributed by atoms with E-state index in [0.29, 0.717) is 6.42 Å². The first-order valence-electron chi connectivity index (χ1n) is 9.91. The number of rotatable bonds is 14. The van der Waals surface area contributed by atoms with Gasteiger partial charge in [0.1, 0.15) is 6.10 Å². The molecule has 0 N–H and O–H groups in total. The summed E-state index contributed by atoms with van der Waals surface area (Å²) in [4.78, 5) is 28.0. The average molecular weight is 396 g/mol. The molecule has 1 unspecified atom stereocenters. The van der Waals surface area contributed by atoms with Crippen molar-refractivity contribution in [3.05, 3.63) is 22.2 Å². The van der Waals surface area contributed by atoms with E-state index in [1.54, 1.807) is 11.3 Å². The van der Waals surface area contributed by atoms with Crippen molar-refractivity contribution in [3.63, 3.8) is 0 Å². The molecule has 1 rings (SSSR count). The molecule has 1 aromatic rings. The Kier molecular flexibility index (Phi) is 12.4. The van der Waals surface area contributed by atoms with Gasteiger partial charge in [0.05, 0.1) is 18.3 Å². The van der Waals surface area contributed by atoms with E-state index >= 15 is 0 Å². The molecule has 0 spiro atoms. The fraction of sp³-hybridized carbons (Fsp3) is 0.667. The largest absolute Gasteiger partial charge is 0.469 e. The molecular weight excluding hydrogens is 362 g/mol. The van der Waals surface area contributed by atoms with Crippen LogP contribution in [0.2, 0.25) is 0 Å². The summed E-state index contributed by atoms with van der Waals surface area (Å²) in [6.45, 7) is 3.62. The van der Waals surface area contributed by atoms with E-state index in [1.165, 1.54) is 14.0 Å². The minimum atomic E-state index is -0.238. The van der Waals surface area contributed by atoms with Gasteiger partial charge in [-0.05, 0) is 44.3 Å². The van der Waals surface area contributed by atoms with Gasteiger partial charge < -0.3 is 9.47 Å². The van der Waals surface area contributed by atoms with Gasteiger partial charge in [0.15, 0.2) is 0 Å². The Hall–Kier alpha value is -1.69. The van der Waals surface area contributed by atoms with E-state index < -0.39 is 0 Å². The van der Waals surface area contributed by atoms with E-state index in [4.69, 9.17) is 4.74 Å². The lowest BCUT2D eigenvalue weighted by molar-refractivity contribution is -0.144. The zero-order valence-corrected chi connectivity index (χ0v) is 17.7. The summed E-state index contributed by atoms with van der Waals surface area (Å²) in [5.74, 6) is -0.374. The molecule has 27 heavy (non-hydrogen) atoms. The number of carbonyl (C=O) groups excluding carboxylic acids is 2. The summed E-state index contributed by atoms with van der Waals surface area (Å²) >= 11 is 1.61. The summed E-state index contributed by atoms with van der Waals surface area (Å²) in [7, 11) is 1.43. The minimum absolute atomic E-state index is 0.136. The molecule has 6 heteroatoms. The molecule has 0 amide bonds. The van der Waals surface area contributed by atoms with Crippen molar-refractivity contribution in [1.82, 2.24) is 4.98 Å². The van der Waals surface area contributed by atoms with E-state index in [2.05, 4.69) is 16.6 Å². The lowest BCUT2D eigenvalue weighted by Gasteiger charge is -2.12. The van der Waals surface area contributed by atoms with Crippen molar-refractivity contribution < 1.29 is 19.1 Å². The number of hydrogen-bond acceptors (Lipinski definition) is 6. The highest BCUT2D eigenvalue weighted by molar-refractivity contribution is 7.10. The normalized spacial score (nSPS) is 12.3. The zero-order chi connectivity index (χ0) is 19.9. The number of esters is 2. The Balaban J connectivity index is 2.44. The maximum atomic E-state index is 11.3. The summed E-state index contributed by atoms with van der Waals surface area (Å²) in [5.41, 5.74) is 2.96. The van der Waals surface area contributed by atoms with Crippen LogP contribution < -0.4 is 0 Å². The monoisotopic (exact) mass is 395 g/mol. The number of thiazole rings is 1. The van der Waals surface area contributed by atoms with Crippen molar-refractivity contribution >= 4 is 29.4 Å². The maximum Gasteiger partial charge on any atom is 0.305 e. The molecule has 5 nitrogen and oxygen atoms in total. The Bertz CT molecular complexity index is 582. The number of carbonyl (C=O) groups is 2. The van der Waals surface area contributed by atoms with Gasteiger partial charge in [-0.25, -0.2) is 4.98 Å². The van der Waals surface area contributed by atoms with Crippen molar-refractivity contribution in [3.8, 4) is 0 Å². The molecule has 0 aromatic carbocycles. The van der Waals surface area contributed by atoms with E-state index in [9.17, 15) is 9.59 Å². The smallest absolute Gasteiger partial charge is 0.305 e. The molecule has 0 fully saturated rings. The van der Waals surface area contributed by atoms with E-state index in [0.717, 1.165) is 68.4 Å². The first-order valence-corrected chi connectivity index (χ1v) is 10.8. The van der Waals surface area contributed by atoms with Crippen molar-refractivity contribution in [2.24, 2.45) is 0 Å². The van der Waals surface area contributed by atoms with Crippen LogP contribution in [0, 0.1) is 0 Å². The SMILES string of the molecule is CCCCCC(/C=C/c1scnc1CCCCCCC(=O)OC)OC(C)=O. The van der Waals surface area contributed by atoms with Crippen LogP contribution in [0.4, 0.5) is 0 Å². The lowest BCUT2D eigenvalue weighted by atomic mass is 10.1. The Morgan fingerprint density at radius 2 is 1.96 bits per heavy atom. The zero-order valence-electron chi connectivity index (χ0n) is 16.9. The van der Waals surface area contributed by atoms with Crippen molar-refractivity contribution in [2.45, 2.75) is 84.2 Å². The number of aryl methyl sites for hydroxylation is 1. The second kappa shape index (κ2) is 14.4. The third kappa shape index (κ3) is 10.9. The second-order valence-electron chi connectivity index (χ2n) is 6.66. The van der Waals surface area contributed by atoms with Gasteiger partial charge in [0.25, 0.3) is 0 Å². The van der Waals surface area contributed by atoms with E-state index in [-0.39, 0.29) is 18.0 Å². The molecule has 0 aliphatic rings. The summed E-state index contributed by atoms with van der Waals surface area (Å²) in [6.07, 6.45) is 13.5. The second-order valence-corrected chi connectivity index (χ2v) is 7.54. The van der Waals surface area contributed by atoms with Crippen LogP contribution >= 0.6 is 11.3 Å². The molecule has 0 saturated carbocycles. The van der Waals surface area contributed by atoms with Crippen LogP contribution in [0.25, 0.3) is 6.08 Å². The van der Waals surface area contributed by atoms with Crippen LogP contribution in [0.15, 0.2) is 11.6 Å². The number of aromatic nitrogens is 1. The summed E-state index contributed by atoms with van der Waals surface area (Å²) < 4.78 is 10.1. The van der Waals surface area contributed by atoms with Gasteiger partial charge in [0.2, 0.25) is 0 Å². The minimum Gasteiger partial charge on any atom is -0.469 e. The molecule has 1 aromatic heterocycles. The molecule has 0 saturated heterocycles. The predicted molar refractivity (Wildman–Crippen MR) is 110 cm³/mol. The van der Waals surface area contributed by atoms with Gasteiger partial charge in [-0.2, -0.15) is 0 Å². The third-order valence-corrected chi connectivity index (χ3v) is 5.15. The molecule has 0 aliphatic carbocycles. The number of ether oxygens (including phenoxy) is 2. The highest BCUT2D eigenvalue weighted by Gasteiger charge is 2.09. The fourth-order valence-corrected chi connectivity index (χ4v) is 3.56. The first-order chi connectivity index (χ1) is 13.1. The molecule has 0 aliphatic heterocycles. The fourth-order valence-electron chi connectivity index (χ4n) is 2.82. The molecule has 1 heterocycles. The van der Waals surface area contributed by atoms with Crippen LogP contribution in [0.3, 0.4) is 0 Å². The van der Waals surface area contributed by atoms with Crippen molar-refractivity contribution in [2.75, 3.05) is 7.11 Å². The first kappa shape index (κ1) is 23.3. The highest BCUT2D eigenvalue weighted by Crippen LogP contribution is 2.20. The van der Waals surface area contributed by atoms with Gasteiger partial charge in [-0.15, -0.1) is 11.3 Å². The third-order valence-electron chi connectivity index (χ3n) is 4.32. The molecule has 152 valence electrons. The highest BCUT2D eigenvalue weighted by atomic mass is 32.1. The standard InChI is InChI=1S/C21H33NO4S/c1-4-5-8-11-18(26-17(2)23)14-15-20-19(22-16-27-20)12-9-6-7-10-13-21(24)25-3/h14-16,18H,4-13H2,1-3H3/b15-14+. The van der Waals surface area contributed by atoms with Crippen LogP contribution in [-0.2, 0) is 25.5 Å².